The summed E-state index contributed by atoms with van der Waals surface area (Å²) in [5, 5.41) is 0. The maximum absolute atomic E-state index is 13.1. The zero-order valence-electron chi connectivity index (χ0n) is 17.5. The van der Waals surface area contributed by atoms with Gasteiger partial charge in [-0.15, -0.1) is 0 Å². The molecule has 168 valence electrons. The fraction of sp³-hybridized carbons (Fsp3) is 0.348. The van der Waals surface area contributed by atoms with Gasteiger partial charge in [0, 0.05) is 43.4 Å². The summed E-state index contributed by atoms with van der Waals surface area (Å²) in [6, 6.07) is 13.7. The molecule has 2 heterocycles. The Morgan fingerprint density at radius 2 is 1.81 bits per heavy atom. The van der Waals surface area contributed by atoms with Gasteiger partial charge in [0.05, 0.1) is 12.1 Å². The van der Waals surface area contributed by atoms with E-state index in [1.54, 1.807) is 52.7 Å². The summed E-state index contributed by atoms with van der Waals surface area (Å²) in [6.07, 6.45) is 0. The molecule has 2 aromatic rings. The van der Waals surface area contributed by atoms with Crippen LogP contribution in [0.5, 0.6) is 0 Å². The highest BCUT2D eigenvalue weighted by molar-refractivity contribution is 8.38. The van der Waals surface area contributed by atoms with Gasteiger partial charge in [0.2, 0.25) is 0 Å². The molecule has 0 bridgehead atoms. The third-order valence-electron chi connectivity index (χ3n) is 5.30. The van der Waals surface area contributed by atoms with Crippen molar-refractivity contribution in [3.05, 3.63) is 65.5 Å². The Bertz CT molecular complexity index is 992. The molecule has 2 aromatic carbocycles. The third kappa shape index (κ3) is 5.83. The highest BCUT2D eigenvalue weighted by Crippen LogP contribution is 2.26. The lowest BCUT2D eigenvalue weighted by molar-refractivity contribution is -0.134. The summed E-state index contributed by atoms with van der Waals surface area (Å²) < 4.78 is 19.5. The molecule has 4 rings (SSSR count). The summed E-state index contributed by atoms with van der Waals surface area (Å²) in [6.45, 7) is 2.92. The van der Waals surface area contributed by atoms with E-state index in [2.05, 4.69) is 9.89 Å². The number of carbonyl (C=O) groups excluding carboxylic acids is 2. The van der Waals surface area contributed by atoms with Crippen LogP contribution in [0.2, 0.25) is 0 Å². The van der Waals surface area contributed by atoms with Crippen molar-refractivity contribution in [3.8, 4) is 0 Å². The van der Waals surface area contributed by atoms with Crippen LogP contribution in [-0.2, 0) is 15.3 Å². The van der Waals surface area contributed by atoms with Crippen molar-refractivity contribution in [2.75, 3.05) is 50.0 Å². The highest BCUT2D eigenvalue weighted by atomic mass is 32.2. The van der Waals surface area contributed by atoms with Crippen LogP contribution in [0.4, 0.5) is 10.1 Å². The van der Waals surface area contributed by atoms with Crippen molar-refractivity contribution in [2.24, 2.45) is 4.99 Å². The zero-order valence-corrected chi connectivity index (χ0v) is 19.2. The standard InChI is InChI=1S/C23H24FN3O3S2/c24-18-5-7-19(8-6-18)26-10-12-27(13-11-26)21(28)15-30-22(29)20-4-2-1-3-17(20)16-32-23-25-9-14-31-23/h1-8H,9-16H2. The topological polar surface area (TPSA) is 62.2 Å². The Morgan fingerprint density at radius 1 is 1.06 bits per heavy atom. The van der Waals surface area contributed by atoms with Crippen molar-refractivity contribution in [1.29, 1.82) is 0 Å². The van der Waals surface area contributed by atoms with Crippen LogP contribution in [0.3, 0.4) is 0 Å². The van der Waals surface area contributed by atoms with Gasteiger partial charge < -0.3 is 14.5 Å². The predicted octanol–water partition coefficient (Wildman–Crippen LogP) is 3.67. The van der Waals surface area contributed by atoms with Crippen LogP contribution in [0.25, 0.3) is 0 Å². The Balaban J connectivity index is 1.26. The van der Waals surface area contributed by atoms with Crippen LogP contribution in [0.1, 0.15) is 15.9 Å². The van der Waals surface area contributed by atoms with Crippen molar-refractivity contribution in [2.45, 2.75) is 5.75 Å². The number of thioether (sulfide) groups is 2. The molecule has 0 aliphatic carbocycles. The number of benzene rings is 2. The molecule has 0 aromatic heterocycles. The molecule has 1 amide bonds. The van der Waals surface area contributed by atoms with E-state index in [-0.39, 0.29) is 18.3 Å². The van der Waals surface area contributed by atoms with Gasteiger partial charge in [-0.3, -0.25) is 9.79 Å². The summed E-state index contributed by atoms with van der Waals surface area (Å²) in [5.41, 5.74) is 2.29. The Kier molecular flexibility index (Phi) is 7.70. The molecule has 6 nitrogen and oxygen atoms in total. The van der Waals surface area contributed by atoms with Gasteiger partial charge in [-0.2, -0.15) is 0 Å². The molecule has 9 heteroatoms. The number of esters is 1. The number of nitrogens with zero attached hydrogens (tertiary/aromatic N) is 3. The molecule has 0 spiro atoms. The van der Waals surface area contributed by atoms with Gasteiger partial charge in [-0.1, -0.05) is 41.7 Å². The minimum atomic E-state index is -0.486. The molecule has 0 N–H and O–H groups in total. The van der Waals surface area contributed by atoms with Crippen LogP contribution >= 0.6 is 23.5 Å². The summed E-state index contributed by atoms with van der Waals surface area (Å²) in [7, 11) is 0. The third-order valence-corrected chi connectivity index (χ3v) is 7.60. The molecule has 0 unspecified atom stereocenters. The van der Waals surface area contributed by atoms with Crippen molar-refractivity contribution >= 4 is 45.5 Å². The van der Waals surface area contributed by atoms with Gasteiger partial charge in [0.15, 0.2) is 6.61 Å². The van der Waals surface area contributed by atoms with E-state index < -0.39 is 5.97 Å². The Morgan fingerprint density at radius 3 is 2.53 bits per heavy atom. The minimum absolute atomic E-state index is 0.208. The van der Waals surface area contributed by atoms with E-state index in [4.69, 9.17) is 4.74 Å². The Labute approximate surface area is 195 Å². The van der Waals surface area contributed by atoms with E-state index >= 15 is 0 Å². The largest absolute Gasteiger partial charge is 0.452 e. The number of hydrogen-bond acceptors (Lipinski definition) is 7. The van der Waals surface area contributed by atoms with Gasteiger partial charge >= 0.3 is 5.97 Å². The molecule has 0 saturated carbocycles. The SMILES string of the molecule is O=C(OCC(=O)N1CCN(c2ccc(F)cc2)CC1)c1ccccc1CSC1=NCCS1. The molecule has 2 aliphatic rings. The summed E-state index contributed by atoms with van der Waals surface area (Å²) >= 11 is 3.35. The molecule has 2 aliphatic heterocycles. The lowest BCUT2D eigenvalue weighted by Crippen LogP contribution is -2.49. The number of hydrogen-bond donors (Lipinski definition) is 0. The number of piperazine rings is 1. The minimum Gasteiger partial charge on any atom is -0.452 e. The number of anilines is 1. The van der Waals surface area contributed by atoms with Crippen LogP contribution < -0.4 is 4.90 Å². The first kappa shape index (κ1) is 22.7. The number of carbonyl (C=O) groups is 2. The van der Waals surface area contributed by atoms with Crippen LogP contribution in [-0.4, -0.2) is 66.2 Å². The molecule has 0 atom stereocenters. The predicted molar refractivity (Wildman–Crippen MR) is 128 cm³/mol. The fourth-order valence-electron chi connectivity index (χ4n) is 3.55. The molecule has 32 heavy (non-hydrogen) atoms. The second kappa shape index (κ2) is 10.9. The number of ether oxygens (including phenoxy) is 1. The normalized spacial score (nSPS) is 16.1. The maximum Gasteiger partial charge on any atom is 0.338 e. The van der Waals surface area contributed by atoms with Gasteiger partial charge in [0.1, 0.15) is 10.2 Å². The van der Waals surface area contributed by atoms with E-state index in [1.165, 1.54) is 12.1 Å². The quantitative estimate of drug-likeness (QED) is 0.597. The smallest absolute Gasteiger partial charge is 0.338 e. The lowest BCUT2D eigenvalue weighted by Gasteiger charge is -2.36. The molecule has 1 saturated heterocycles. The monoisotopic (exact) mass is 473 g/mol. The van der Waals surface area contributed by atoms with E-state index in [9.17, 15) is 14.0 Å². The number of rotatable bonds is 6. The van der Waals surface area contributed by atoms with E-state index in [0.717, 1.165) is 27.9 Å². The average Bonchev–Trinajstić information content (AvgIpc) is 3.35. The zero-order chi connectivity index (χ0) is 22.3. The Hall–Kier alpha value is -2.52. The summed E-state index contributed by atoms with van der Waals surface area (Å²) in [4.78, 5) is 33.4. The van der Waals surface area contributed by atoms with Gasteiger partial charge in [-0.25, -0.2) is 9.18 Å². The van der Waals surface area contributed by atoms with E-state index in [1.807, 2.05) is 12.1 Å². The molecule has 1 fully saturated rings. The second-order valence-corrected chi connectivity index (χ2v) is 9.67. The first-order chi connectivity index (χ1) is 15.6. The van der Waals surface area contributed by atoms with Gasteiger partial charge in [-0.05, 0) is 35.9 Å². The van der Waals surface area contributed by atoms with Crippen molar-refractivity contribution in [1.82, 2.24) is 4.90 Å². The number of amides is 1. The first-order valence-electron chi connectivity index (χ1n) is 10.4. The fourth-order valence-corrected chi connectivity index (χ4v) is 5.56. The van der Waals surface area contributed by atoms with Crippen LogP contribution in [0.15, 0.2) is 53.5 Å². The lowest BCUT2D eigenvalue weighted by atomic mass is 10.1. The first-order valence-corrected chi connectivity index (χ1v) is 12.4. The molecule has 0 radical (unpaired) electrons. The number of aliphatic imine (C=N–C) groups is 1. The maximum atomic E-state index is 13.1. The average molecular weight is 474 g/mol. The molecular weight excluding hydrogens is 449 g/mol. The second-order valence-electron chi connectivity index (χ2n) is 7.36. The molecular formula is C23H24FN3O3S2. The van der Waals surface area contributed by atoms with Crippen LogP contribution in [0, 0.1) is 5.82 Å². The summed E-state index contributed by atoms with van der Waals surface area (Å²) in [5.74, 6) is 0.680. The highest BCUT2D eigenvalue weighted by Gasteiger charge is 2.23. The van der Waals surface area contributed by atoms with Crippen molar-refractivity contribution in [3.63, 3.8) is 0 Å². The van der Waals surface area contributed by atoms with Gasteiger partial charge in [0.25, 0.3) is 5.91 Å². The van der Waals surface area contributed by atoms with E-state index in [0.29, 0.717) is 37.5 Å². The number of halogens is 1. The van der Waals surface area contributed by atoms with Crippen molar-refractivity contribution < 1.29 is 18.7 Å².